The topological polar surface area (TPSA) is 0 Å². The molecule has 0 bridgehead atoms. The third-order valence-corrected chi connectivity index (χ3v) is 21.7. The summed E-state index contributed by atoms with van der Waals surface area (Å²) in [7, 11) is 0. The predicted octanol–water partition coefficient (Wildman–Crippen LogP) is 4.05. The van der Waals surface area contributed by atoms with Gasteiger partial charge in [0.25, 0.3) is 0 Å². The van der Waals surface area contributed by atoms with Crippen LogP contribution in [0.1, 0.15) is 0 Å². The molecule has 0 radical (unpaired) electrons. The van der Waals surface area contributed by atoms with Gasteiger partial charge in [-0.1, -0.05) is 0 Å². The Morgan fingerprint density at radius 1 is 1.11 bits per heavy atom. The third kappa shape index (κ3) is 6.22. The molecule has 0 amide bonds. The van der Waals surface area contributed by atoms with E-state index < -0.39 is 11.7 Å². The average Bonchev–Trinajstić information content (AvgIpc) is 1.64. The minimum absolute atomic E-state index is 1.26. The Morgan fingerprint density at radius 3 is 1.67 bits per heavy atom. The molecule has 0 nitrogen and oxygen atoms in total. The summed E-state index contributed by atoms with van der Waals surface area (Å²) >= 11 is 3.50. The summed E-state index contributed by atoms with van der Waals surface area (Å²) in [5, 5.41) is 0. The van der Waals surface area contributed by atoms with Crippen molar-refractivity contribution < 1.29 is 11.7 Å². The van der Waals surface area contributed by atoms with E-state index in [0.29, 0.717) is 0 Å². The summed E-state index contributed by atoms with van der Waals surface area (Å²) in [6.07, 6.45) is 4.09. The molecule has 0 unspecified atom stereocenters. The second-order valence-electron chi connectivity index (χ2n) is 1.84. The normalized spacial score (nSPS) is 10.9. The van der Waals surface area contributed by atoms with Crippen molar-refractivity contribution in [3.8, 4) is 0 Å². The van der Waals surface area contributed by atoms with Crippen molar-refractivity contribution in [1.29, 1.82) is 0 Å². The van der Waals surface area contributed by atoms with Crippen LogP contribution in [-0.2, 0) is 11.7 Å². The maximum atomic E-state index is 3.74. The molecular formula is C6H10HfI2. The molecular weight excluding hydrogens is 504 g/mol. The van der Waals surface area contributed by atoms with Crippen molar-refractivity contribution in [2.75, 3.05) is 0 Å². The minimum atomic E-state index is -1.78. The van der Waals surface area contributed by atoms with Crippen LogP contribution in [0.5, 0.6) is 0 Å². The number of halogens is 2. The first-order valence-corrected chi connectivity index (χ1v) is 28.2. The molecule has 3 heteroatoms. The van der Waals surface area contributed by atoms with E-state index in [0.717, 1.165) is 0 Å². The van der Waals surface area contributed by atoms with Crippen LogP contribution in [0.25, 0.3) is 0 Å². The predicted molar refractivity (Wildman–Crippen MR) is 58.0 cm³/mol. The van der Waals surface area contributed by atoms with Crippen molar-refractivity contribution in [3.05, 3.63) is 25.3 Å². The van der Waals surface area contributed by atoms with Gasteiger partial charge in [-0.15, -0.1) is 0 Å². The molecule has 0 aromatic rings. The number of hydrogen-bond acceptors (Lipinski definition) is 0. The van der Waals surface area contributed by atoms with E-state index in [-0.39, 0.29) is 0 Å². The Morgan fingerprint density at radius 2 is 1.44 bits per heavy atom. The summed E-state index contributed by atoms with van der Waals surface area (Å²) in [6.45, 7) is 7.48. The zero-order chi connectivity index (χ0) is 7.33. The Balaban J connectivity index is 3.68. The molecule has 0 spiro atoms. The maximum absolute atomic E-state index is 3.74. The van der Waals surface area contributed by atoms with Crippen LogP contribution < -0.4 is 0 Å². The Labute approximate surface area is 80.0 Å². The van der Waals surface area contributed by atoms with Gasteiger partial charge in [-0.2, -0.15) is 0 Å². The second-order valence-corrected chi connectivity index (χ2v) is 61.6. The van der Waals surface area contributed by atoms with Gasteiger partial charge < -0.3 is 0 Å². The molecule has 0 rings (SSSR count). The molecule has 0 fully saturated rings. The van der Waals surface area contributed by atoms with Gasteiger partial charge in [0.1, 0.15) is 0 Å². The molecule has 0 aromatic heterocycles. The van der Waals surface area contributed by atoms with Crippen LogP contribution in [0, 0.1) is 0 Å². The molecule has 0 heterocycles. The third-order valence-electron chi connectivity index (χ3n) is 0.886. The van der Waals surface area contributed by atoms with E-state index in [1.54, 1.807) is 0 Å². The second kappa shape index (κ2) is 5.46. The van der Waals surface area contributed by atoms with Crippen molar-refractivity contribution in [2.45, 2.75) is 8.35 Å². The fourth-order valence-electron chi connectivity index (χ4n) is 0.506. The summed E-state index contributed by atoms with van der Waals surface area (Å²) < 4.78 is 2.53. The zero-order valence-electron chi connectivity index (χ0n) is 5.24. The van der Waals surface area contributed by atoms with Gasteiger partial charge >= 0.3 is 81.6 Å². The molecule has 0 N–H and O–H groups in total. The van der Waals surface area contributed by atoms with E-state index in [1.165, 1.54) is 8.35 Å². The number of rotatable bonds is 4. The Bertz CT molecular complexity index is 97.6. The van der Waals surface area contributed by atoms with Crippen molar-refractivity contribution >= 4 is 36.3 Å². The van der Waals surface area contributed by atoms with Crippen LogP contribution >= 0.6 is 36.3 Å². The van der Waals surface area contributed by atoms with Crippen molar-refractivity contribution in [3.63, 3.8) is 0 Å². The van der Waals surface area contributed by atoms with Crippen LogP contribution in [-0.4, -0.2) is 0 Å². The van der Waals surface area contributed by atoms with Crippen LogP contribution in [0.2, 0.25) is 8.35 Å². The number of allylic oxidation sites excluding steroid dienone is 2. The van der Waals surface area contributed by atoms with Gasteiger partial charge in [0.05, 0.1) is 0 Å². The van der Waals surface area contributed by atoms with E-state index in [4.69, 9.17) is 0 Å². The molecule has 0 atom stereocenters. The van der Waals surface area contributed by atoms with E-state index >= 15 is 0 Å². The summed E-state index contributed by atoms with van der Waals surface area (Å²) in [6, 6.07) is 0. The molecule has 0 saturated carbocycles. The SMILES string of the molecule is C=C[CH2][Hf]([I])([I])[CH2]C=C. The van der Waals surface area contributed by atoms with E-state index in [1.807, 2.05) is 12.2 Å². The van der Waals surface area contributed by atoms with Gasteiger partial charge in [0, 0.05) is 0 Å². The standard InChI is InChI=1S/2C3H5.Hf.2HI/c2*1-3-2;;;/h2*3H,1-2H2;;2*1H/q;;+2;;/p-2. The summed E-state index contributed by atoms with van der Waals surface area (Å²) in [4.78, 5) is 0. The van der Waals surface area contributed by atoms with Gasteiger partial charge in [-0.3, -0.25) is 0 Å². The Hall–Kier alpha value is 1.81. The van der Waals surface area contributed by atoms with E-state index in [2.05, 4.69) is 49.4 Å². The first-order chi connectivity index (χ1) is 4.12. The van der Waals surface area contributed by atoms with Gasteiger partial charge in [-0.25, -0.2) is 0 Å². The summed E-state index contributed by atoms with van der Waals surface area (Å²) in [5.41, 5.74) is 0. The molecule has 0 aromatic carbocycles. The van der Waals surface area contributed by atoms with Crippen molar-refractivity contribution in [2.24, 2.45) is 0 Å². The fraction of sp³-hybridized carbons (Fsp3) is 0.333. The molecule has 0 aliphatic carbocycles. The molecule has 9 heavy (non-hydrogen) atoms. The monoisotopic (exact) mass is 516 g/mol. The average molecular weight is 514 g/mol. The molecule has 0 aliphatic heterocycles. The van der Waals surface area contributed by atoms with Crippen LogP contribution in [0.4, 0.5) is 0 Å². The van der Waals surface area contributed by atoms with Crippen LogP contribution in [0.15, 0.2) is 25.3 Å². The Kier molecular flexibility index (Phi) is 6.56. The number of hydrogen-bond donors (Lipinski definition) is 0. The molecule has 0 saturated heterocycles. The summed E-state index contributed by atoms with van der Waals surface area (Å²) in [5.74, 6) is 0. The quantitative estimate of drug-likeness (QED) is 0.302. The molecule has 52 valence electrons. The van der Waals surface area contributed by atoms with Crippen molar-refractivity contribution in [1.82, 2.24) is 0 Å². The van der Waals surface area contributed by atoms with Gasteiger partial charge in [0.2, 0.25) is 0 Å². The van der Waals surface area contributed by atoms with Gasteiger partial charge in [-0.05, 0) is 0 Å². The van der Waals surface area contributed by atoms with Gasteiger partial charge in [0.15, 0.2) is 0 Å². The first kappa shape index (κ1) is 10.8. The molecule has 0 aliphatic rings. The van der Waals surface area contributed by atoms with E-state index in [9.17, 15) is 0 Å². The zero-order valence-corrected chi connectivity index (χ0v) is 13.1. The fourth-order valence-corrected chi connectivity index (χ4v) is 14.3. The van der Waals surface area contributed by atoms with Crippen LogP contribution in [0.3, 0.4) is 0 Å². The first-order valence-electron chi connectivity index (χ1n) is 2.72.